The summed E-state index contributed by atoms with van der Waals surface area (Å²) < 4.78 is 5.69. The van der Waals surface area contributed by atoms with Crippen molar-refractivity contribution in [3.63, 3.8) is 0 Å². The van der Waals surface area contributed by atoms with Crippen LogP contribution in [-0.4, -0.2) is 24.0 Å². The zero-order valence-electron chi connectivity index (χ0n) is 21.1. The number of amides is 2. The largest absolute Gasteiger partial charge is 0.422 e. The van der Waals surface area contributed by atoms with Crippen molar-refractivity contribution >= 4 is 51.1 Å². The molecule has 9 heteroatoms. The Morgan fingerprint density at radius 2 is 1.85 bits per heavy atom. The number of esters is 1. The maximum absolute atomic E-state index is 12.8. The van der Waals surface area contributed by atoms with Crippen molar-refractivity contribution in [3.05, 3.63) is 93.4 Å². The van der Waals surface area contributed by atoms with Crippen LogP contribution in [0.3, 0.4) is 0 Å². The summed E-state index contributed by atoms with van der Waals surface area (Å²) in [6.45, 7) is 1.89. The lowest BCUT2D eigenvalue weighted by molar-refractivity contribution is -0.136. The molecule has 2 N–H and O–H groups in total. The van der Waals surface area contributed by atoms with E-state index in [0.29, 0.717) is 21.7 Å². The van der Waals surface area contributed by atoms with Gasteiger partial charge in [-0.3, -0.25) is 9.59 Å². The standard InChI is InChI=1S/C30H24N4O4S/c1-18-7-6-9-20(15-18)30(37)38-25-14-13-19-8-2-3-10-21(19)24(25)17-32-34-28(36)27(35)33-29-23(16-31)22-11-4-5-12-26(22)39-29/h2-3,6-10,13-15,17H,4-5,11-12H2,1H3,(H,33,35)(H,34,36)/b32-17+. The monoisotopic (exact) mass is 536 g/mol. The molecule has 0 aliphatic heterocycles. The van der Waals surface area contributed by atoms with Gasteiger partial charge in [0.1, 0.15) is 16.8 Å². The molecule has 2 amide bonds. The van der Waals surface area contributed by atoms with Gasteiger partial charge in [0.15, 0.2) is 0 Å². The fraction of sp³-hybridized carbons (Fsp3) is 0.167. The zero-order chi connectivity index (χ0) is 27.4. The minimum absolute atomic E-state index is 0.255. The van der Waals surface area contributed by atoms with Gasteiger partial charge in [-0.25, -0.2) is 10.2 Å². The third kappa shape index (κ3) is 5.56. The quantitative estimate of drug-likeness (QED) is 0.118. The van der Waals surface area contributed by atoms with Crippen LogP contribution in [0.5, 0.6) is 5.75 Å². The van der Waals surface area contributed by atoms with E-state index in [4.69, 9.17) is 4.74 Å². The average Bonchev–Trinajstić information content (AvgIpc) is 3.30. The summed E-state index contributed by atoms with van der Waals surface area (Å²) >= 11 is 1.34. The number of nitriles is 1. The number of rotatable bonds is 5. The number of hydrogen-bond acceptors (Lipinski definition) is 7. The molecule has 4 aromatic rings. The molecule has 3 aromatic carbocycles. The van der Waals surface area contributed by atoms with Gasteiger partial charge in [0.2, 0.25) is 0 Å². The van der Waals surface area contributed by atoms with Gasteiger partial charge in [0, 0.05) is 10.4 Å². The Bertz CT molecular complexity index is 1680. The van der Waals surface area contributed by atoms with Crippen LogP contribution < -0.4 is 15.5 Å². The van der Waals surface area contributed by atoms with E-state index in [0.717, 1.165) is 52.5 Å². The van der Waals surface area contributed by atoms with Gasteiger partial charge in [-0.1, -0.05) is 48.0 Å². The maximum Gasteiger partial charge on any atom is 0.343 e. The number of hydrogen-bond donors (Lipinski definition) is 2. The summed E-state index contributed by atoms with van der Waals surface area (Å²) in [6, 6.07) is 20.2. The van der Waals surface area contributed by atoms with Gasteiger partial charge in [-0.2, -0.15) is 10.4 Å². The predicted octanol–water partition coefficient (Wildman–Crippen LogP) is 5.27. The minimum Gasteiger partial charge on any atom is -0.422 e. The molecule has 0 bridgehead atoms. The zero-order valence-corrected chi connectivity index (χ0v) is 21.9. The van der Waals surface area contributed by atoms with E-state index in [2.05, 4.69) is 21.9 Å². The number of carbonyl (C=O) groups is 3. The SMILES string of the molecule is Cc1cccc(C(=O)Oc2ccc3ccccc3c2/C=N/NC(=O)C(=O)Nc2sc3c(c2C#N)CCCC3)c1. The van der Waals surface area contributed by atoms with Crippen molar-refractivity contribution in [2.75, 3.05) is 5.32 Å². The van der Waals surface area contributed by atoms with Crippen LogP contribution in [0, 0.1) is 18.3 Å². The second kappa shape index (κ2) is 11.3. The van der Waals surface area contributed by atoms with Crippen molar-refractivity contribution in [2.45, 2.75) is 32.6 Å². The highest BCUT2D eigenvalue weighted by molar-refractivity contribution is 7.16. The van der Waals surface area contributed by atoms with Crippen LogP contribution in [0.1, 0.15) is 50.3 Å². The summed E-state index contributed by atoms with van der Waals surface area (Å²) in [7, 11) is 0. The predicted molar refractivity (Wildman–Crippen MR) is 150 cm³/mol. The second-order valence-electron chi connectivity index (χ2n) is 9.14. The second-order valence-corrected chi connectivity index (χ2v) is 10.2. The summed E-state index contributed by atoms with van der Waals surface area (Å²) in [5, 5.41) is 18.1. The molecule has 5 rings (SSSR count). The van der Waals surface area contributed by atoms with Gasteiger partial charge in [-0.05, 0) is 67.1 Å². The number of fused-ring (bicyclic) bond motifs is 2. The molecule has 1 aliphatic rings. The van der Waals surface area contributed by atoms with Crippen LogP contribution in [-0.2, 0) is 22.4 Å². The normalized spacial score (nSPS) is 12.5. The molecule has 8 nitrogen and oxygen atoms in total. The highest BCUT2D eigenvalue weighted by atomic mass is 32.1. The van der Waals surface area contributed by atoms with Crippen LogP contribution >= 0.6 is 11.3 Å². The highest BCUT2D eigenvalue weighted by Gasteiger charge is 2.23. The Balaban J connectivity index is 1.34. The Hall–Kier alpha value is -4.81. The smallest absolute Gasteiger partial charge is 0.343 e. The number of aryl methyl sites for hydroxylation is 2. The molecule has 194 valence electrons. The number of thiophene rings is 1. The van der Waals surface area contributed by atoms with Gasteiger partial charge in [0.05, 0.1) is 17.3 Å². The molecular formula is C30H24N4O4S. The summed E-state index contributed by atoms with van der Waals surface area (Å²) in [5.41, 5.74) is 5.42. The van der Waals surface area contributed by atoms with Gasteiger partial charge in [-0.15, -0.1) is 11.3 Å². The molecule has 0 fully saturated rings. The number of nitrogens with one attached hydrogen (secondary N) is 2. The van der Waals surface area contributed by atoms with Crippen molar-refractivity contribution < 1.29 is 19.1 Å². The summed E-state index contributed by atoms with van der Waals surface area (Å²) in [5.74, 6) is -2.18. The van der Waals surface area contributed by atoms with Gasteiger partial charge >= 0.3 is 17.8 Å². The number of hydrazone groups is 1. The van der Waals surface area contributed by atoms with Crippen LogP contribution in [0.2, 0.25) is 0 Å². The Morgan fingerprint density at radius 3 is 2.67 bits per heavy atom. The molecule has 0 unspecified atom stereocenters. The fourth-order valence-corrected chi connectivity index (χ4v) is 5.80. The van der Waals surface area contributed by atoms with E-state index in [1.165, 1.54) is 17.6 Å². The maximum atomic E-state index is 12.8. The molecular weight excluding hydrogens is 512 g/mol. The molecule has 0 saturated carbocycles. The van der Waals surface area contributed by atoms with E-state index in [1.54, 1.807) is 24.3 Å². The van der Waals surface area contributed by atoms with E-state index >= 15 is 0 Å². The molecule has 0 radical (unpaired) electrons. The molecule has 1 heterocycles. The average molecular weight is 537 g/mol. The Morgan fingerprint density at radius 1 is 1.03 bits per heavy atom. The third-order valence-electron chi connectivity index (χ3n) is 6.46. The third-order valence-corrected chi connectivity index (χ3v) is 7.67. The Kier molecular flexibility index (Phi) is 7.48. The number of ether oxygens (including phenoxy) is 1. The lowest BCUT2D eigenvalue weighted by atomic mass is 9.96. The molecule has 1 aromatic heterocycles. The minimum atomic E-state index is -0.986. The van der Waals surface area contributed by atoms with Crippen LogP contribution in [0.15, 0.2) is 65.8 Å². The number of anilines is 1. The molecule has 39 heavy (non-hydrogen) atoms. The van der Waals surface area contributed by atoms with Crippen molar-refractivity contribution in [1.29, 1.82) is 5.26 Å². The first-order valence-electron chi connectivity index (χ1n) is 12.4. The molecule has 0 saturated heterocycles. The molecule has 0 atom stereocenters. The molecule has 1 aliphatic carbocycles. The van der Waals surface area contributed by atoms with Crippen molar-refractivity contribution in [2.24, 2.45) is 5.10 Å². The van der Waals surface area contributed by atoms with Crippen LogP contribution in [0.25, 0.3) is 10.8 Å². The highest BCUT2D eigenvalue weighted by Crippen LogP contribution is 2.37. The van der Waals surface area contributed by atoms with Gasteiger partial charge in [0.25, 0.3) is 0 Å². The first-order valence-corrected chi connectivity index (χ1v) is 13.3. The molecule has 0 spiro atoms. The van der Waals surface area contributed by atoms with Gasteiger partial charge < -0.3 is 10.1 Å². The number of nitrogens with zero attached hydrogens (tertiary/aromatic N) is 2. The van der Waals surface area contributed by atoms with Crippen molar-refractivity contribution in [1.82, 2.24) is 5.43 Å². The number of carbonyl (C=O) groups excluding carboxylic acids is 3. The lowest BCUT2D eigenvalue weighted by Crippen LogP contribution is -2.32. The lowest BCUT2D eigenvalue weighted by Gasteiger charge is -2.11. The van der Waals surface area contributed by atoms with Crippen LogP contribution in [0.4, 0.5) is 5.00 Å². The van der Waals surface area contributed by atoms with E-state index in [-0.39, 0.29) is 5.75 Å². The number of benzene rings is 3. The van der Waals surface area contributed by atoms with Crippen molar-refractivity contribution in [3.8, 4) is 11.8 Å². The van der Waals surface area contributed by atoms with E-state index in [9.17, 15) is 19.6 Å². The Labute approximate surface area is 228 Å². The summed E-state index contributed by atoms with van der Waals surface area (Å²) in [6.07, 6.45) is 5.04. The van der Waals surface area contributed by atoms with E-state index < -0.39 is 17.8 Å². The van der Waals surface area contributed by atoms with E-state index in [1.807, 2.05) is 43.3 Å². The fourth-order valence-electron chi connectivity index (χ4n) is 4.57. The topological polar surface area (TPSA) is 121 Å². The first-order chi connectivity index (χ1) is 18.9. The summed E-state index contributed by atoms with van der Waals surface area (Å²) in [4.78, 5) is 39.0. The first kappa shape index (κ1) is 25.8.